The molecule has 0 bridgehead atoms. The van der Waals surface area contributed by atoms with Crippen molar-refractivity contribution in [3.63, 3.8) is 0 Å². The Morgan fingerprint density at radius 2 is 2.07 bits per heavy atom. The van der Waals surface area contributed by atoms with E-state index in [0.29, 0.717) is 4.99 Å². The highest BCUT2D eigenvalue weighted by molar-refractivity contribution is 7.80. The Labute approximate surface area is 87.8 Å². The van der Waals surface area contributed by atoms with E-state index < -0.39 is 0 Å². The van der Waals surface area contributed by atoms with Crippen molar-refractivity contribution >= 4 is 28.1 Å². The minimum Gasteiger partial charge on any atom is -0.389 e. The smallest absolute Gasteiger partial charge is 0.104 e. The van der Waals surface area contributed by atoms with Crippen molar-refractivity contribution in [1.82, 2.24) is 4.98 Å². The highest BCUT2D eigenvalue weighted by Crippen LogP contribution is 2.14. The van der Waals surface area contributed by atoms with E-state index in [0.717, 1.165) is 22.2 Å². The van der Waals surface area contributed by atoms with Crippen molar-refractivity contribution in [1.29, 1.82) is 0 Å². The van der Waals surface area contributed by atoms with Gasteiger partial charge < -0.3 is 5.73 Å². The molecule has 1 aromatic carbocycles. The van der Waals surface area contributed by atoms with E-state index >= 15 is 0 Å². The second kappa shape index (κ2) is 3.35. The zero-order valence-corrected chi connectivity index (χ0v) is 8.64. The fourth-order valence-corrected chi connectivity index (χ4v) is 1.51. The molecule has 3 heteroatoms. The molecule has 2 nitrogen and oxygen atoms in total. The molecule has 1 aromatic heterocycles. The summed E-state index contributed by atoms with van der Waals surface area (Å²) in [5.74, 6) is 0. The maximum absolute atomic E-state index is 5.55. The number of benzene rings is 1. The van der Waals surface area contributed by atoms with E-state index in [1.807, 2.05) is 37.3 Å². The first-order valence-corrected chi connectivity index (χ1v) is 4.75. The van der Waals surface area contributed by atoms with Gasteiger partial charge in [-0.15, -0.1) is 0 Å². The van der Waals surface area contributed by atoms with E-state index in [1.54, 1.807) is 0 Å². The van der Waals surface area contributed by atoms with Crippen LogP contribution in [0, 0.1) is 6.92 Å². The van der Waals surface area contributed by atoms with Gasteiger partial charge in [0.25, 0.3) is 0 Å². The van der Waals surface area contributed by atoms with E-state index in [2.05, 4.69) is 4.98 Å². The van der Waals surface area contributed by atoms with Crippen LogP contribution < -0.4 is 5.73 Å². The van der Waals surface area contributed by atoms with Crippen molar-refractivity contribution in [2.45, 2.75) is 6.92 Å². The molecule has 2 aromatic rings. The molecule has 0 aliphatic heterocycles. The number of nitrogens with two attached hydrogens (primary N) is 1. The molecular weight excluding hydrogens is 192 g/mol. The van der Waals surface area contributed by atoms with Crippen molar-refractivity contribution in [2.24, 2.45) is 5.73 Å². The molecule has 70 valence electrons. The second-order valence-corrected chi connectivity index (χ2v) is 3.66. The van der Waals surface area contributed by atoms with Gasteiger partial charge in [-0.2, -0.15) is 0 Å². The molecule has 0 radical (unpaired) electrons. The molecule has 0 aliphatic rings. The number of aryl methyl sites for hydroxylation is 1. The summed E-state index contributed by atoms with van der Waals surface area (Å²) >= 11 is 4.91. The quantitative estimate of drug-likeness (QED) is 0.720. The molecule has 0 amide bonds. The van der Waals surface area contributed by atoms with Gasteiger partial charge in [0.1, 0.15) is 4.99 Å². The highest BCUT2D eigenvalue weighted by Gasteiger charge is 1.99. The molecule has 2 rings (SSSR count). The van der Waals surface area contributed by atoms with E-state index in [4.69, 9.17) is 18.0 Å². The lowest BCUT2D eigenvalue weighted by atomic mass is 10.1. The van der Waals surface area contributed by atoms with E-state index in [9.17, 15) is 0 Å². The molecule has 1 heterocycles. The van der Waals surface area contributed by atoms with Gasteiger partial charge in [0.2, 0.25) is 0 Å². The third-order valence-electron chi connectivity index (χ3n) is 2.11. The molecular formula is C11H10N2S. The molecule has 0 unspecified atom stereocenters. The number of pyridine rings is 1. The Hall–Kier alpha value is -1.48. The summed E-state index contributed by atoms with van der Waals surface area (Å²) in [6, 6.07) is 9.81. The third kappa shape index (κ3) is 1.59. The number of aromatic nitrogens is 1. The minimum atomic E-state index is 0.424. The first-order valence-electron chi connectivity index (χ1n) is 4.34. The third-order valence-corrected chi connectivity index (χ3v) is 2.35. The molecule has 0 atom stereocenters. The summed E-state index contributed by atoms with van der Waals surface area (Å²) in [5.41, 5.74) is 8.42. The zero-order valence-electron chi connectivity index (χ0n) is 7.82. The Kier molecular flexibility index (Phi) is 2.17. The van der Waals surface area contributed by atoms with Crippen LogP contribution in [-0.4, -0.2) is 9.97 Å². The number of hydrogen-bond acceptors (Lipinski definition) is 2. The molecule has 2 N–H and O–H groups in total. The Bertz CT molecular complexity index is 506. The SMILES string of the molecule is Cc1ccc2cc(C(N)=S)ccc2n1. The van der Waals surface area contributed by atoms with Crippen LogP contribution in [0.2, 0.25) is 0 Å². The maximum atomic E-state index is 5.55. The van der Waals surface area contributed by atoms with Crippen molar-refractivity contribution < 1.29 is 0 Å². The van der Waals surface area contributed by atoms with Gasteiger partial charge in [0.15, 0.2) is 0 Å². The van der Waals surface area contributed by atoms with Crippen LogP contribution in [0.1, 0.15) is 11.3 Å². The first kappa shape index (κ1) is 9.09. The monoisotopic (exact) mass is 202 g/mol. The van der Waals surface area contributed by atoms with Crippen LogP contribution in [0.5, 0.6) is 0 Å². The van der Waals surface area contributed by atoms with E-state index in [-0.39, 0.29) is 0 Å². The van der Waals surface area contributed by atoms with Gasteiger partial charge in [0.05, 0.1) is 5.52 Å². The Morgan fingerprint density at radius 1 is 1.29 bits per heavy atom. The average molecular weight is 202 g/mol. The first-order chi connectivity index (χ1) is 6.66. The summed E-state index contributed by atoms with van der Waals surface area (Å²) in [7, 11) is 0. The van der Waals surface area contributed by atoms with Crippen LogP contribution in [0.15, 0.2) is 30.3 Å². The van der Waals surface area contributed by atoms with Crippen molar-refractivity contribution in [3.05, 3.63) is 41.6 Å². The normalized spacial score (nSPS) is 10.4. The second-order valence-electron chi connectivity index (χ2n) is 3.22. The van der Waals surface area contributed by atoms with Gasteiger partial charge in [-0.1, -0.05) is 18.3 Å². The predicted octanol–water partition coefficient (Wildman–Crippen LogP) is 2.18. The average Bonchev–Trinajstić information content (AvgIpc) is 2.16. The lowest BCUT2D eigenvalue weighted by Gasteiger charge is -2.01. The number of rotatable bonds is 1. The Morgan fingerprint density at radius 3 is 2.79 bits per heavy atom. The molecule has 14 heavy (non-hydrogen) atoms. The molecule has 0 spiro atoms. The van der Waals surface area contributed by atoms with Gasteiger partial charge in [-0.25, -0.2) is 0 Å². The van der Waals surface area contributed by atoms with Gasteiger partial charge >= 0.3 is 0 Å². The van der Waals surface area contributed by atoms with Gasteiger partial charge in [0, 0.05) is 16.6 Å². The summed E-state index contributed by atoms with van der Waals surface area (Å²) in [5, 5.41) is 1.07. The standard InChI is InChI=1S/C11H10N2S/c1-7-2-3-8-6-9(11(12)14)4-5-10(8)13-7/h2-6H,1H3,(H2,12,14). The van der Waals surface area contributed by atoms with Gasteiger partial charge in [-0.3, -0.25) is 4.98 Å². The summed E-state index contributed by atoms with van der Waals surface area (Å²) < 4.78 is 0. The fraction of sp³-hybridized carbons (Fsp3) is 0.0909. The lowest BCUT2D eigenvalue weighted by Crippen LogP contribution is -2.08. The van der Waals surface area contributed by atoms with Gasteiger partial charge in [-0.05, 0) is 31.2 Å². The number of fused-ring (bicyclic) bond motifs is 1. The summed E-state index contributed by atoms with van der Waals surface area (Å²) in [4.78, 5) is 4.82. The van der Waals surface area contributed by atoms with Crippen LogP contribution >= 0.6 is 12.2 Å². The van der Waals surface area contributed by atoms with Crippen LogP contribution in [0.3, 0.4) is 0 Å². The number of thiocarbonyl (C=S) groups is 1. The van der Waals surface area contributed by atoms with E-state index in [1.165, 1.54) is 0 Å². The highest BCUT2D eigenvalue weighted by atomic mass is 32.1. The molecule has 0 aliphatic carbocycles. The number of hydrogen-bond donors (Lipinski definition) is 1. The zero-order chi connectivity index (χ0) is 10.1. The number of nitrogens with zero attached hydrogens (tertiary/aromatic N) is 1. The Balaban J connectivity index is 2.67. The molecule has 0 saturated carbocycles. The van der Waals surface area contributed by atoms with Crippen molar-refractivity contribution in [2.75, 3.05) is 0 Å². The topological polar surface area (TPSA) is 38.9 Å². The van der Waals surface area contributed by atoms with Crippen LogP contribution in [-0.2, 0) is 0 Å². The fourth-order valence-electron chi connectivity index (χ4n) is 1.38. The predicted molar refractivity (Wildman–Crippen MR) is 62.4 cm³/mol. The van der Waals surface area contributed by atoms with Crippen LogP contribution in [0.25, 0.3) is 10.9 Å². The summed E-state index contributed by atoms with van der Waals surface area (Å²) in [6.07, 6.45) is 0. The minimum absolute atomic E-state index is 0.424. The summed E-state index contributed by atoms with van der Waals surface area (Å²) in [6.45, 7) is 1.97. The van der Waals surface area contributed by atoms with Crippen LogP contribution in [0.4, 0.5) is 0 Å². The lowest BCUT2D eigenvalue weighted by molar-refractivity contribution is 1.26. The molecule has 0 fully saturated rings. The maximum Gasteiger partial charge on any atom is 0.104 e. The largest absolute Gasteiger partial charge is 0.389 e. The van der Waals surface area contributed by atoms with Crippen molar-refractivity contribution in [3.8, 4) is 0 Å². The molecule has 0 saturated heterocycles.